The van der Waals surface area contributed by atoms with Crippen molar-refractivity contribution in [2.75, 3.05) is 28.6 Å². The lowest BCUT2D eigenvalue weighted by Crippen LogP contribution is -2.19. The monoisotopic (exact) mass is 307 g/mol. The molecule has 1 aromatic carbocycles. The summed E-state index contributed by atoms with van der Waals surface area (Å²) in [5.74, 6) is -0.347. The van der Waals surface area contributed by atoms with Gasteiger partial charge in [-0.1, -0.05) is 11.3 Å². The van der Waals surface area contributed by atoms with Gasteiger partial charge in [0, 0.05) is 18.8 Å². The van der Waals surface area contributed by atoms with Crippen molar-refractivity contribution in [1.29, 1.82) is 0 Å². The Morgan fingerprint density at radius 2 is 1.86 bits per heavy atom. The minimum atomic E-state index is -0.425. The highest BCUT2D eigenvalue weighted by Gasteiger charge is 2.17. The van der Waals surface area contributed by atoms with Crippen molar-refractivity contribution in [3.8, 4) is 0 Å². The summed E-state index contributed by atoms with van der Waals surface area (Å²) in [6, 6.07) is 5.12. The Bertz CT molecular complexity index is 624. The van der Waals surface area contributed by atoms with Crippen molar-refractivity contribution in [3.63, 3.8) is 0 Å². The van der Waals surface area contributed by atoms with Crippen molar-refractivity contribution in [2.45, 2.75) is 12.8 Å². The van der Waals surface area contributed by atoms with Gasteiger partial charge in [0.1, 0.15) is 5.82 Å². The number of hydrogen-bond donors (Lipinski definition) is 2. The summed E-state index contributed by atoms with van der Waals surface area (Å²) in [5, 5.41) is 14.5. The molecule has 6 nitrogen and oxygen atoms in total. The third kappa shape index (κ3) is 3.46. The van der Waals surface area contributed by atoms with E-state index in [-0.39, 0.29) is 5.82 Å². The molecule has 0 radical (unpaired) electrons. The lowest BCUT2D eigenvalue weighted by Gasteiger charge is -2.10. The van der Waals surface area contributed by atoms with Crippen LogP contribution in [0.5, 0.6) is 0 Å². The molecule has 1 aromatic heterocycles. The number of halogens is 1. The topological polar surface area (TPSA) is 70.1 Å². The van der Waals surface area contributed by atoms with Crippen LogP contribution in [0.3, 0.4) is 0 Å². The number of benzene rings is 1. The first kappa shape index (κ1) is 13.7. The molecule has 2 N–H and O–H groups in total. The number of nitrogens with one attached hydrogen (secondary N) is 2. The van der Waals surface area contributed by atoms with Gasteiger partial charge in [-0.25, -0.2) is 9.18 Å². The molecule has 2 aromatic rings. The average molecular weight is 307 g/mol. The summed E-state index contributed by atoms with van der Waals surface area (Å²) in [6.45, 7) is 1.97. The Labute approximate surface area is 125 Å². The van der Waals surface area contributed by atoms with Crippen LogP contribution in [0.4, 0.5) is 25.1 Å². The quantitative estimate of drug-likeness (QED) is 0.914. The van der Waals surface area contributed by atoms with Gasteiger partial charge in [-0.3, -0.25) is 5.32 Å². The first-order valence-electron chi connectivity index (χ1n) is 6.63. The Kier molecular flexibility index (Phi) is 3.96. The van der Waals surface area contributed by atoms with Crippen LogP contribution in [0.25, 0.3) is 0 Å². The van der Waals surface area contributed by atoms with E-state index >= 15 is 0 Å². The van der Waals surface area contributed by atoms with Gasteiger partial charge in [0.05, 0.1) is 0 Å². The van der Waals surface area contributed by atoms with Crippen molar-refractivity contribution >= 4 is 33.3 Å². The maximum absolute atomic E-state index is 12.8. The Hall–Kier alpha value is -2.22. The number of rotatable bonds is 3. The molecule has 1 fully saturated rings. The second-order valence-corrected chi connectivity index (χ2v) is 5.63. The summed E-state index contributed by atoms with van der Waals surface area (Å²) in [4.78, 5) is 14.0. The van der Waals surface area contributed by atoms with E-state index in [2.05, 4.69) is 25.7 Å². The number of amides is 2. The first-order valence-corrected chi connectivity index (χ1v) is 7.44. The third-order valence-corrected chi connectivity index (χ3v) is 4.01. The van der Waals surface area contributed by atoms with Gasteiger partial charge in [-0.05, 0) is 37.1 Å². The fourth-order valence-corrected chi connectivity index (χ4v) is 2.89. The maximum Gasteiger partial charge on any atom is 0.325 e. The Morgan fingerprint density at radius 3 is 2.57 bits per heavy atom. The summed E-state index contributed by atoms with van der Waals surface area (Å²) >= 11 is 1.34. The molecule has 1 aliphatic heterocycles. The van der Waals surface area contributed by atoms with E-state index in [9.17, 15) is 9.18 Å². The van der Waals surface area contributed by atoms with Gasteiger partial charge >= 0.3 is 6.03 Å². The predicted octanol–water partition coefficient (Wildman–Crippen LogP) is 2.92. The lowest BCUT2D eigenvalue weighted by atomic mass is 10.3. The van der Waals surface area contributed by atoms with Crippen LogP contribution in [0.15, 0.2) is 24.3 Å². The minimum absolute atomic E-state index is 0.347. The van der Waals surface area contributed by atoms with Crippen molar-refractivity contribution < 1.29 is 9.18 Å². The van der Waals surface area contributed by atoms with Gasteiger partial charge in [0.2, 0.25) is 10.3 Å². The molecular weight excluding hydrogens is 293 g/mol. The number of hydrogen-bond acceptors (Lipinski definition) is 5. The average Bonchev–Trinajstić information content (AvgIpc) is 3.12. The highest BCUT2D eigenvalue weighted by molar-refractivity contribution is 7.19. The van der Waals surface area contributed by atoms with Crippen LogP contribution < -0.4 is 15.5 Å². The number of nitrogens with zero attached hydrogens (tertiary/aromatic N) is 3. The molecule has 8 heteroatoms. The fourth-order valence-electron chi connectivity index (χ4n) is 2.09. The van der Waals surface area contributed by atoms with Crippen molar-refractivity contribution in [2.24, 2.45) is 0 Å². The summed E-state index contributed by atoms with van der Waals surface area (Å²) in [7, 11) is 0. The third-order valence-electron chi connectivity index (χ3n) is 3.11. The van der Waals surface area contributed by atoms with E-state index in [0.29, 0.717) is 10.8 Å². The molecule has 2 heterocycles. The number of carbonyl (C=O) groups is 1. The van der Waals surface area contributed by atoms with Crippen LogP contribution >= 0.6 is 11.3 Å². The van der Waals surface area contributed by atoms with Crippen molar-refractivity contribution in [3.05, 3.63) is 30.1 Å². The summed E-state index contributed by atoms with van der Waals surface area (Å²) in [6.07, 6.45) is 2.32. The van der Waals surface area contributed by atoms with E-state index in [1.165, 1.54) is 35.6 Å². The molecule has 110 valence electrons. The predicted molar refractivity (Wildman–Crippen MR) is 80.4 cm³/mol. The van der Waals surface area contributed by atoms with Crippen molar-refractivity contribution in [1.82, 2.24) is 10.2 Å². The molecule has 1 aliphatic rings. The zero-order valence-electron chi connectivity index (χ0n) is 11.2. The normalized spacial score (nSPS) is 14.2. The maximum atomic E-state index is 12.8. The number of aromatic nitrogens is 2. The molecule has 3 rings (SSSR count). The van der Waals surface area contributed by atoms with Gasteiger partial charge in [-0.15, -0.1) is 10.2 Å². The van der Waals surface area contributed by atoms with Crippen LogP contribution in [0, 0.1) is 5.82 Å². The molecular formula is C13H14FN5OS. The van der Waals surface area contributed by atoms with Gasteiger partial charge in [-0.2, -0.15) is 0 Å². The van der Waals surface area contributed by atoms with Gasteiger partial charge in [0.25, 0.3) is 0 Å². The molecule has 0 spiro atoms. The zero-order valence-corrected chi connectivity index (χ0v) is 12.0. The lowest BCUT2D eigenvalue weighted by molar-refractivity contribution is 0.262. The van der Waals surface area contributed by atoms with E-state index in [0.717, 1.165) is 31.1 Å². The van der Waals surface area contributed by atoms with Crippen LogP contribution in [0.2, 0.25) is 0 Å². The highest BCUT2D eigenvalue weighted by atomic mass is 32.1. The second kappa shape index (κ2) is 6.04. The Morgan fingerprint density at radius 1 is 1.14 bits per heavy atom. The number of urea groups is 1. The van der Waals surface area contributed by atoms with Gasteiger partial charge < -0.3 is 10.2 Å². The highest BCUT2D eigenvalue weighted by Crippen LogP contribution is 2.26. The first-order chi connectivity index (χ1) is 10.2. The minimum Gasteiger partial charge on any atom is -0.347 e. The fraction of sp³-hybridized carbons (Fsp3) is 0.308. The SMILES string of the molecule is O=C(Nc1ccc(F)cc1)Nc1nnc(N2CCCC2)s1. The molecule has 0 saturated carbocycles. The summed E-state index contributed by atoms with van der Waals surface area (Å²) in [5.41, 5.74) is 0.512. The summed E-state index contributed by atoms with van der Waals surface area (Å²) < 4.78 is 12.8. The van der Waals surface area contributed by atoms with E-state index < -0.39 is 6.03 Å². The van der Waals surface area contributed by atoms with Crippen LogP contribution in [-0.4, -0.2) is 29.3 Å². The Balaban J connectivity index is 1.58. The van der Waals surface area contributed by atoms with E-state index in [1.54, 1.807) is 0 Å². The van der Waals surface area contributed by atoms with Crippen LogP contribution in [0.1, 0.15) is 12.8 Å². The van der Waals surface area contributed by atoms with E-state index in [4.69, 9.17) is 0 Å². The molecule has 2 amide bonds. The largest absolute Gasteiger partial charge is 0.347 e. The molecule has 0 atom stereocenters. The standard InChI is InChI=1S/C13H14FN5OS/c14-9-3-5-10(6-4-9)15-11(20)16-12-17-18-13(21-12)19-7-1-2-8-19/h3-6H,1-2,7-8H2,(H2,15,16,17,20). The molecule has 0 aliphatic carbocycles. The second-order valence-electron chi connectivity index (χ2n) is 4.67. The molecule has 0 unspecified atom stereocenters. The van der Waals surface area contributed by atoms with E-state index in [1.807, 2.05) is 0 Å². The number of anilines is 3. The number of carbonyl (C=O) groups excluding carboxylic acids is 1. The van der Waals surface area contributed by atoms with Crippen LogP contribution in [-0.2, 0) is 0 Å². The zero-order chi connectivity index (χ0) is 14.7. The molecule has 21 heavy (non-hydrogen) atoms. The smallest absolute Gasteiger partial charge is 0.325 e. The molecule has 1 saturated heterocycles. The van der Waals surface area contributed by atoms with Gasteiger partial charge in [0.15, 0.2) is 0 Å². The molecule has 0 bridgehead atoms.